The third kappa shape index (κ3) is 1960. The van der Waals surface area contributed by atoms with Crippen LogP contribution in [0.5, 0.6) is 0 Å². The molecule has 0 aromatic heterocycles. The first-order chi connectivity index (χ1) is 0. The van der Waals surface area contributed by atoms with Crippen molar-refractivity contribution in [2.45, 2.75) is 0 Å². The number of hydrogen-bond donors (Lipinski definition) is 0. The molecule has 0 amide bonds. The van der Waals surface area contributed by atoms with Crippen LogP contribution in [0.4, 0.5) is 0 Å². The fourth-order valence-corrected chi connectivity index (χ4v) is 0. The predicted molar refractivity (Wildman–Crippen MR) is 65.4 cm³/mol. The molecule has 0 aromatic carbocycles. The van der Waals surface area contributed by atoms with Crippen LogP contribution in [-0.2, 0) is 313 Å². The molecule has 0 bridgehead atoms. The molecule has 0 saturated carbocycles. The Hall–Kier alpha value is 12.7. The zero-order valence-corrected chi connectivity index (χ0v) is 75.6. The molecule has 392 valence electrons. The average molecular weight is 3010 g/mol. The summed E-state index contributed by atoms with van der Waals surface area (Å²) in [6, 6.07) is 0. The van der Waals surface area contributed by atoms with Gasteiger partial charge in [-0.1, -0.05) is 0 Å². The summed E-state index contributed by atoms with van der Waals surface area (Å²) in [5, 5.41) is 0. The van der Waals surface area contributed by atoms with Crippen LogP contribution < -0.4 is 177 Å². The van der Waals surface area contributed by atoms with E-state index in [2.05, 4.69) is 0 Å². The topological polar surface area (TPSA) is 1180 Å². The number of rotatable bonds is 0. The SMILES string of the molecule is O.[Na+].[Na+].[Na+].[Na+].[Na+].[Na+].[O-2].[O-2].[O-2].[O-2].[O-2].[O-2].[O-2].[O-2].[O-2].[O-2].[O-2].[OH-].[OH-].[OH-].[OH-].[OH-].[OH-].[OH-].[OH-].[OH-].[OH-].[OH-].[OH-].[OH-].[OH-].[OH-].[OH-].[OH-].[OH-].[OH-].[OH-].[OH-].[OH-].[OH-].[OH-].[OH-].[OH-].[OH-].[OH-].[W].[W].[W].[W].[W].[W].[W].[W].[W].[W].[W].[W]. The van der Waals surface area contributed by atoms with Crippen LogP contribution in [0.2, 0.25) is 0 Å². The van der Waals surface area contributed by atoms with Gasteiger partial charge in [-0.15, -0.1) is 0 Å². The zero-order chi connectivity index (χ0) is 0. The molecule has 0 aliphatic rings. The van der Waals surface area contributed by atoms with Gasteiger partial charge in [0.1, 0.15) is 0 Å². The van der Waals surface area contributed by atoms with Gasteiger partial charge in [0, 0.05) is 253 Å². The van der Waals surface area contributed by atoms with E-state index < -0.39 is 0 Å². The largest absolute Gasteiger partial charge is 2.00 e. The summed E-state index contributed by atoms with van der Waals surface area (Å²) in [7, 11) is 0. The minimum Gasteiger partial charge on any atom is -2.00 e. The van der Waals surface area contributed by atoms with E-state index in [0.717, 1.165) is 0 Å². The minimum atomic E-state index is 0. The van der Waals surface area contributed by atoms with Crippen molar-refractivity contribution in [1.29, 1.82) is 0 Å². The summed E-state index contributed by atoms with van der Waals surface area (Å²) in [6.45, 7) is 0. The van der Waals surface area contributed by atoms with E-state index in [0.29, 0.717) is 0 Å². The van der Waals surface area contributed by atoms with Crippen molar-refractivity contribution in [3.05, 3.63) is 0 Å². The van der Waals surface area contributed by atoms with Crippen molar-refractivity contribution < 1.29 is 649 Å². The van der Waals surface area contributed by atoms with Crippen LogP contribution in [0.15, 0.2) is 0 Å². The molecule has 58 heteroatoms. The van der Waals surface area contributed by atoms with Crippen LogP contribution in [-0.4, -0.2) is 159 Å². The Bertz CT molecular complexity index is 68.4. The fourth-order valence-electron chi connectivity index (χ4n) is 0. The van der Waals surface area contributed by atoms with Crippen molar-refractivity contribution in [3.8, 4) is 0 Å². The molecule has 0 spiro atoms. The zero-order valence-electron chi connectivity index (χ0n) is 28.4. The molecule has 0 radical (unpaired) electrons. The molecular weight excluding hydrogens is 2980 g/mol. The van der Waals surface area contributed by atoms with Gasteiger partial charge in [0.15, 0.2) is 0 Å². The van der Waals surface area contributed by atoms with Gasteiger partial charge in [-0.3, -0.25) is 0 Å². The molecule has 0 rings (SSSR count). The van der Waals surface area contributed by atoms with Gasteiger partial charge in [-0.25, -0.2) is 0 Å². The second kappa shape index (κ2) is 2050. The Kier molecular flexibility index (Phi) is 75600. The standard InChI is InChI=1S/6Na.29H2O.11O.12W/h;;;;;;29*1H2;;;;;;;;;;;;;;;;;;;;;;;/q6*+1;;;;;;;;;;;;;;;;;;;;;;;;;;;;;;11*-2;;;;;;;;;;;;/p-28. The molecule has 0 aromatic rings. The fraction of sp³-hybridized carbons (Fsp3) is 0. The minimum absolute atomic E-state index is 0. The molecule has 0 atom stereocenters. The molecule has 0 fully saturated rings. The van der Waals surface area contributed by atoms with Crippen molar-refractivity contribution in [1.82, 2.24) is 0 Å². The van der Waals surface area contributed by atoms with Crippen LogP contribution in [0.25, 0.3) is 0 Å². The Morgan fingerprint density at radius 1 is 0.0862 bits per heavy atom. The summed E-state index contributed by atoms with van der Waals surface area (Å²) in [5.74, 6) is 0. The van der Waals surface area contributed by atoms with Gasteiger partial charge < -0.3 is 219 Å². The van der Waals surface area contributed by atoms with Crippen LogP contribution in [0.1, 0.15) is 0 Å². The van der Waals surface area contributed by atoms with Crippen molar-refractivity contribution in [2.75, 3.05) is 0 Å². The molecule has 40 nitrogen and oxygen atoms in total. The van der Waals surface area contributed by atoms with Gasteiger partial charge >= 0.3 is 177 Å². The van der Waals surface area contributed by atoms with Gasteiger partial charge in [-0.05, 0) is 0 Å². The third-order valence-corrected chi connectivity index (χ3v) is 0. The van der Waals surface area contributed by atoms with E-state index in [9.17, 15) is 0 Å². The molecule has 0 aliphatic carbocycles. The average Bonchev–Trinajstić information content (AvgIpc) is 0. The molecule has 0 aliphatic heterocycles. The second-order valence-corrected chi connectivity index (χ2v) is 0. The maximum Gasteiger partial charge on any atom is 1.00 e. The Morgan fingerprint density at radius 3 is 0.0862 bits per heavy atom. The summed E-state index contributed by atoms with van der Waals surface area (Å²) < 4.78 is 0. The first-order valence-corrected chi connectivity index (χ1v) is 0. The van der Waals surface area contributed by atoms with E-state index in [-0.39, 0.29) is 649 Å². The molecule has 30 N–H and O–H groups in total. The summed E-state index contributed by atoms with van der Waals surface area (Å²) in [4.78, 5) is 0. The van der Waals surface area contributed by atoms with Gasteiger partial charge in [0.25, 0.3) is 0 Å². The molecule has 0 unspecified atom stereocenters. The van der Waals surface area contributed by atoms with Crippen LogP contribution in [0, 0.1) is 0 Å². The Morgan fingerprint density at radius 2 is 0.0862 bits per heavy atom. The first kappa shape index (κ1) is 2140. The first-order valence-electron chi connectivity index (χ1n) is 0. The van der Waals surface area contributed by atoms with Crippen molar-refractivity contribution >= 4 is 0 Å². The molecule has 0 heterocycles. The van der Waals surface area contributed by atoms with E-state index >= 15 is 0 Å². The quantitative estimate of drug-likeness (QED) is 0.203. The van der Waals surface area contributed by atoms with Crippen molar-refractivity contribution in [2.24, 2.45) is 0 Å². The van der Waals surface area contributed by atoms with Crippen LogP contribution >= 0.6 is 0 Å². The smallest absolute Gasteiger partial charge is 1.00 e. The maximum atomic E-state index is 0. The van der Waals surface area contributed by atoms with E-state index in [4.69, 9.17) is 0 Å². The molecule has 0 saturated heterocycles. The van der Waals surface area contributed by atoms with Gasteiger partial charge in [-0.2, -0.15) is 0 Å². The van der Waals surface area contributed by atoms with E-state index in [1.54, 1.807) is 0 Å². The summed E-state index contributed by atoms with van der Waals surface area (Å²) in [5.41, 5.74) is 0. The normalized spacial score (nSPS) is 0. The second-order valence-electron chi connectivity index (χ2n) is 0. The summed E-state index contributed by atoms with van der Waals surface area (Å²) in [6.07, 6.45) is 0. The van der Waals surface area contributed by atoms with Gasteiger partial charge in [0.2, 0.25) is 0 Å². The summed E-state index contributed by atoms with van der Waals surface area (Å²) >= 11 is 0. The van der Waals surface area contributed by atoms with E-state index in [1.807, 2.05) is 0 Å². The third-order valence-electron chi connectivity index (χ3n) is 0. The monoisotopic (exact) mass is 3020 g/mol. The van der Waals surface area contributed by atoms with Gasteiger partial charge in [0.05, 0.1) is 0 Å². The Labute approximate surface area is 636 Å². The molecule has 58 heavy (non-hydrogen) atoms. The predicted octanol–water partition coefficient (Wildman–Crippen LogP) is -25.1. The van der Waals surface area contributed by atoms with E-state index in [1.165, 1.54) is 0 Å². The van der Waals surface area contributed by atoms with Crippen molar-refractivity contribution in [3.63, 3.8) is 0 Å². The van der Waals surface area contributed by atoms with Crippen LogP contribution in [0.3, 0.4) is 0 Å². The molecular formula is H30Na6O40W12-44. The maximum absolute atomic E-state index is 0. The Balaban J connectivity index is 0. The number of hydrogen-bond acceptors (Lipinski definition) is 28.